The Morgan fingerprint density at radius 1 is 1.45 bits per heavy atom. The van der Waals surface area contributed by atoms with Crippen LogP contribution in [0, 0.1) is 10.1 Å². The molecule has 0 radical (unpaired) electrons. The molecular weight excluding hydrogens is 284 g/mol. The molecule has 1 aromatic carbocycles. The fourth-order valence-electron chi connectivity index (χ4n) is 1.61. The highest BCUT2D eigenvalue weighted by molar-refractivity contribution is 7.97. The Morgan fingerprint density at radius 2 is 2.25 bits per heavy atom. The lowest BCUT2D eigenvalue weighted by Crippen LogP contribution is -2.00. The van der Waals surface area contributed by atoms with Crippen molar-refractivity contribution in [3.05, 3.63) is 50.2 Å². The average Bonchev–Trinajstić information content (AvgIpc) is 2.84. The molecule has 2 rings (SSSR count). The topological polar surface area (TPSA) is 114 Å². The molecule has 2 N–H and O–H groups in total. The number of thioether (sulfide) groups is 1. The number of nitrogens with zero attached hydrogens (tertiary/aromatic N) is 2. The second kappa shape index (κ2) is 6.24. The van der Waals surface area contributed by atoms with Crippen LogP contribution >= 0.6 is 11.8 Å². The maximum Gasteiger partial charge on any atom is 0.340 e. The number of rotatable bonds is 6. The number of aromatic amines is 2. The number of hydrogen-bond donors (Lipinski definition) is 2. The molecule has 0 saturated heterocycles. The van der Waals surface area contributed by atoms with Crippen LogP contribution in [0.1, 0.15) is 11.4 Å². The van der Waals surface area contributed by atoms with Crippen LogP contribution in [-0.4, -0.2) is 27.2 Å². The number of benzene rings is 1. The van der Waals surface area contributed by atoms with Gasteiger partial charge < -0.3 is 4.74 Å². The minimum Gasteiger partial charge on any atom is -0.490 e. The summed E-state index contributed by atoms with van der Waals surface area (Å²) >= 11 is 1.49. The predicted octanol–water partition coefficient (Wildman–Crippen LogP) is 1.45. The van der Waals surface area contributed by atoms with E-state index in [4.69, 9.17) is 4.74 Å². The molecule has 20 heavy (non-hydrogen) atoms. The van der Waals surface area contributed by atoms with Gasteiger partial charge in [-0.1, -0.05) is 6.07 Å². The summed E-state index contributed by atoms with van der Waals surface area (Å²) in [6.45, 7) is 0. The summed E-state index contributed by atoms with van der Waals surface area (Å²) in [5.41, 5.74) is 0.403. The number of methoxy groups -OCH3 is 1. The first-order valence-electron chi connectivity index (χ1n) is 5.62. The van der Waals surface area contributed by atoms with Crippen LogP contribution in [0.5, 0.6) is 5.75 Å². The van der Waals surface area contributed by atoms with Crippen molar-refractivity contribution in [2.75, 3.05) is 7.11 Å². The van der Waals surface area contributed by atoms with Gasteiger partial charge in [0, 0.05) is 11.8 Å². The van der Waals surface area contributed by atoms with Gasteiger partial charge in [-0.05, 0) is 11.6 Å². The second-order valence-electron chi connectivity index (χ2n) is 3.88. The maximum absolute atomic E-state index is 10.9. The zero-order valence-corrected chi connectivity index (χ0v) is 11.4. The van der Waals surface area contributed by atoms with Crippen molar-refractivity contribution in [3.8, 4) is 5.75 Å². The van der Waals surface area contributed by atoms with Crippen molar-refractivity contribution < 1.29 is 9.66 Å². The minimum absolute atomic E-state index is 0.0567. The molecule has 0 aliphatic rings. The van der Waals surface area contributed by atoms with E-state index >= 15 is 0 Å². The van der Waals surface area contributed by atoms with E-state index in [1.165, 1.54) is 24.9 Å². The molecule has 9 heteroatoms. The van der Waals surface area contributed by atoms with Crippen molar-refractivity contribution in [2.45, 2.75) is 11.5 Å². The predicted molar refractivity (Wildman–Crippen MR) is 73.9 cm³/mol. The number of ether oxygens (including phenoxy) is 1. The van der Waals surface area contributed by atoms with Crippen LogP contribution in [0.3, 0.4) is 0 Å². The van der Waals surface area contributed by atoms with E-state index in [2.05, 4.69) is 15.2 Å². The average molecular weight is 296 g/mol. The van der Waals surface area contributed by atoms with Gasteiger partial charge in [-0.2, -0.15) is 5.10 Å². The highest BCUT2D eigenvalue weighted by atomic mass is 32.2. The number of aromatic nitrogens is 3. The Balaban J connectivity index is 2.01. The lowest BCUT2D eigenvalue weighted by atomic mass is 10.2. The molecule has 8 nitrogen and oxygen atoms in total. The molecule has 1 aromatic heterocycles. The maximum atomic E-state index is 10.9. The Hall–Kier alpha value is -2.29. The third kappa shape index (κ3) is 3.38. The second-order valence-corrected chi connectivity index (χ2v) is 4.87. The van der Waals surface area contributed by atoms with Crippen LogP contribution in [0.15, 0.2) is 23.0 Å². The van der Waals surface area contributed by atoms with E-state index in [1.807, 2.05) is 0 Å². The smallest absolute Gasteiger partial charge is 0.340 e. The first-order valence-corrected chi connectivity index (χ1v) is 6.78. The van der Waals surface area contributed by atoms with Gasteiger partial charge in [0.25, 0.3) is 0 Å². The molecule has 0 amide bonds. The highest BCUT2D eigenvalue weighted by Crippen LogP contribution is 2.29. The number of H-pyrrole nitrogens is 2. The highest BCUT2D eigenvalue weighted by Gasteiger charge is 2.15. The molecule has 0 bridgehead atoms. The van der Waals surface area contributed by atoms with Gasteiger partial charge in [0.15, 0.2) is 5.75 Å². The molecule has 1 heterocycles. The van der Waals surface area contributed by atoms with Gasteiger partial charge in [-0.15, -0.1) is 11.8 Å². The first-order chi connectivity index (χ1) is 9.60. The third-order valence-corrected chi connectivity index (χ3v) is 3.51. The Morgan fingerprint density at radius 3 is 2.85 bits per heavy atom. The summed E-state index contributed by atoms with van der Waals surface area (Å²) in [5.74, 6) is 1.86. The molecule has 2 aromatic rings. The zero-order valence-electron chi connectivity index (χ0n) is 10.6. The Bertz CT molecular complexity index is 666. The van der Waals surface area contributed by atoms with Gasteiger partial charge in [0.2, 0.25) is 0 Å². The zero-order chi connectivity index (χ0) is 14.5. The van der Waals surface area contributed by atoms with Crippen LogP contribution in [0.2, 0.25) is 0 Å². The minimum atomic E-state index is -0.474. The molecule has 0 aliphatic carbocycles. The fraction of sp³-hybridized carbons (Fsp3) is 0.273. The third-order valence-electron chi connectivity index (χ3n) is 2.50. The van der Waals surface area contributed by atoms with Gasteiger partial charge in [-0.3, -0.25) is 15.1 Å². The number of nitrogens with one attached hydrogen (secondary N) is 2. The van der Waals surface area contributed by atoms with E-state index in [-0.39, 0.29) is 17.1 Å². The van der Waals surface area contributed by atoms with Gasteiger partial charge >= 0.3 is 11.4 Å². The lowest BCUT2D eigenvalue weighted by molar-refractivity contribution is -0.385. The molecule has 0 fully saturated rings. The molecule has 0 spiro atoms. The quantitative estimate of drug-likeness (QED) is 0.616. The summed E-state index contributed by atoms with van der Waals surface area (Å²) in [4.78, 5) is 23.8. The Kier molecular flexibility index (Phi) is 4.41. The van der Waals surface area contributed by atoms with Crippen LogP contribution in [-0.2, 0) is 11.5 Å². The van der Waals surface area contributed by atoms with Gasteiger partial charge in [0.05, 0.1) is 17.8 Å². The van der Waals surface area contributed by atoms with Crippen molar-refractivity contribution in [1.82, 2.24) is 15.2 Å². The number of hydrogen-bond acceptors (Lipinski definition) is 6. The summed E-state index contributed by atoms with van der Waals surface area (Å²) < 4.78 is 4.94. The molecule has 0 aliphatic heterocycles. The Labute approximate surface area is 117 Å². The van der Waals surface area contributed by atoms with Crippen molar-refractivity contribution >= 4 is 17.4 Å². The lowest BCUT2D eigenvalue weighted by Gasteiger charge is -2.04. The molecule has 0 atom stereocenters. The van der Waals surface area contributed by atoms with E-state index in [0.29, 0.717) is 17.3 Å². The summed E-state index contributed by atoms with van der Waals surface area (Å²) in [7, 11) is 1.39. The standard InChI is InChI=1S/C11H12N4O4S/c1-19-9-3-2-7(4-8(9)15(17)18)5-20-6-10-12-11(16)14-13-10/h2-4H,5-6H2,1H3,(H2,12,13,14,16). The van der Waals surface area contributed by atoms with Gasteiger partial charge in [-0.25, -0.2) is 9.89 Å². The van der Waals surface area contributed by atoms with Crippen molar-refractivity contribution in [1.29, 1.82) is 0 Å². The number of nitro benzene ring substituents is 1. The largest absolute Gasteiger partial charge is 0.490 e. The SMILES string of the molecule is COc1ccc(CSCc2n[nH]c(=O)[nH]2)cc1[N+](=O)[O-]. The van der Waals surface area contributed by atoms with Crippen molar-refractivity contribution in [3.63, 3.8) is 0 Å². The van der Waals surface area contributed by atoms with E-state index in [0.717, 1.165) is 5.56 Å². The normalized spacial score (nSPS) is 10.4. The van der Waals surface area contributed by atoms with Crippen LogP contribution < -0.4 is 10.4 Å². The van der Waals surface area contributed by atoms with E-state index < -0.39 is 4.92 Å². The summed E-state index contributed by atoms with van der Waals surface area (Å²) in [6, 6.07) is 4.83. The monoisotopic (exact) mass is 296 g/mol. The fourth-order valence-corrected chi connectivity index (χ4v) is 2.45. The summed E-state index contributed by atoms with van der Waals surface area (Å²) in [5, 5.41) is 16.9. The van der Waals surface area contributed by atoms with Crippen LogP contribution in [0.25, 0.3) is 0 Å². The van der Waals surface area contributed by atoms with Gasteiger partial charge in [0.1, 0.15) is 5.82 Å². The van der Waals surface area contributed by atoms with E-state index in [9.17, 15) is 14.9 Å². The summed E-state index contributed by atoms with van der Waals surface area (Å²) in [6.07, 6.45) is 0. The van der Waals surface area contributed by atoms with Crippen molar-refractivity contribution in [2.24, 2.45) is 0 Å². The first kappa shape index (κ1) is 14.1. The molecule has 0 unspecified atom stereocenters. The molecule has 0 saturated carbocycles. The van der Waals surface area contributed by atoms with E-state index in [1.54, 1.807) is 12.1 Å². The molecular formula is C11H12N4O4S. The van der Waals surface area contributed by atoms with Crippen LogP contribution in [0.4, 0.5) is 5.69 Å². The number of nitro groups is 1. The molecule has 106 valence electrons.